The molecule has 1 aliphatic heterocycles. The van der Waals surface area contributed by atoms with E-state index in [2.05, 4.69) is 74.7 Å². The van der Waals surface area contributed by atoms with Crippen LogP contribution >= 0.6 is 0 Å². The summed E-state index contributed by atoms with van der Waals surface area (Å²) in [5.41, 5.74) is 4.97. The minimum atomic E-state index is -0.201. The van der Waals surface area contributed by atoms with E-state index in [4.69, 9.17) is 19.6 Å². The highest BCUT2D eigenvalue weighted by molar-refractivity contribution is 5.95. The third-order valence-corrected chi connectivity index (χ3v) is 14.2. The lowest BCUT2D eigenvalue weighted by Gasteiger charge is -2.55. The number of hydrogen-bond acceptors (Lipinski definition) is 6. The fourth-order valence-corrected chi connectivity index (χ4v) is 10.2. The molecule has 5 fully saturated rings. The molecular weight excluding hydrogens is 663 g/mol. The predicted molar refractivity (Wildman–Crippen MR) is 209 cm³/mol. The number of hydrogen-bond donors (Lipinski definition) is 0. The molecule has 2 amide bonds. The van der Waals surface area contributed by atoms with Gasteiger partial charge in [0, 0.05) is 43.5 Å². The van der Waals surface area contributed by atoms with E-state index in [1.165, 1.54) is 11.1 Å². The molecule has 2 bridgehead atoms. The normalized spacial score (nSPS) is 25.9. The van der Waals surface area contributed by atoms with Gasteiger partial charge in [-0.2, -0.15) is 5.10 Å². The van der Waals surface area contributed by atoms with E-state index in [0.29, 0.717) is 12.5 Å². The summed E-state index contributed by atoms with van der Waals surface area (Å²) in [5.74, 6) is 2.26. The summed E-state index contributed by atoms with van der Waals surface area (Å²) >= 11 is 0. The number of carbonyl (C=O) groups is 2. The van der Waals surface area contributed by atoms with E-state index in [-0.39, 0.29) is 40.4 Å². The maximum absolute atomic E-state index is 14.8. The zero-order chi connectivity index (χ0) is 37.4. The molecule has 1 aromatic carbocycles. The quantitative estimate of drug-likeness (QED) is 0.185. The molecule has 1 saturated heterocycles. The highest BCUT2D eigenvalue weighted by atomic mass is 16.6. The largest absolute Gasteiger partial charge is 0.496 e. The van der Waals surface area contributed by atoms with Gasteiger partial charge in [0.25, 0.3) is 0 Å². The second kappa shape index (κ2) is 15.1. The molecule has 9 heteroatoms. The lowest BCUT2D eigenvalue weighted by molar-refractivity contribution is -0.124. The first-order valence-electron chi connectivity index (χ1n) is 20.5. The van der Waals surface area contributed by atoms with Crippen molar-refractivity contribution in [1.82, 2.24) is 19.7 Å². The van der Waals surface area contributed by atoms with Crippen molar-refractivity contribution in [3.8, 4) is 16.9 Å². The third-order valence-electron chi connectivity index (χ3n) is 14.2. The maximum Gasteiger partial charge on any atom is 0.410 e. The van der Waals surface area contributed by atoms with Crippen LogP contribution < -0.4 is 9.64 Å². The van der Waals surface area contributed by atoms with Gasteiger partial charge in [-0.05, 0) is 142 Å². The molecule has 8 rings (SSSR count). The van der Waals surface area contributed by atoms with Gasteiger partial charge in [-0.3, -0.25) is 14.4 Å². The predicted octanol–water partition coefficient (Wildman–Crippen LogP) is 9.46. The molecular formula is C44H61N5O4. The summed E-state index contributed by atoms with van der Waals surface area (Å²) in [5, 5.41) is 4.85. The number of aromatic nitrogens is 3. The Bertz CT molecular complexity index is 1730. The minimum absolute atomic E-state index is 0.00216. The van der Waals surface area contributed by atoms with Crippen LogP contribution in [0.5, 0.6) is 5.75 Å². The molecule has 286 valence electrons. The SMILES string of the molecule is CCC(CC)(CC)n1cc(-c2ccnc(N(CC34CCC(c5ccc(OC)c(C)c5)(CC3)CC4)C(=O)[C@H]3CC[C@H](OC(=O)N4CC(C)C4)CC3)c2)cn1. The second-order valence-corrected chi connectivity index (χ2v) is 17.1. The topological polar surface area (TPSA) is 89.8 Å². The molecule has 53 heavy (non-hydrogen) atoms. The van der Waals surface area contributed by atoms with Gasteiger partial charge in [0.1, 0.15) is 17.7 Å². The van der Waals surface area contributed by atoms with Gasteiger partial charge in [-0.1, -0.05) is 39.8 Å². The number of nitrogens with zero attached hydrogens (tertiary/aromatic N) is 5. The third kappa shape index (κ3) is 7.21. The fraction of sp³-hybridized carbons (Fsp3) is 0.636. The van der Waals surface area contributed by atoms with E-state index >= 15 is 0 Å². The van der Waals surface area contributed by atoms with Gasteiger partial charge in [-0.15, -0.1) is 0 Å². The molecule has 3 heterocycles. The van der Waals surface area contributed by atoms with Gasteiger partial charge < -0.3 is 14.4 Å². The summed E-state index contributed by atoms with van der Waals surface area (Å²) in [6.45, 7) is 13.2. The highest BCUT2D eigenvalue weighted by Gasteiger charge is 2.51. The number of rotatable bonds is 12. The number of carbonyl (C=O) groups excluding carboxylic acids is 2. The van der Waals surface area contributed by atoms with Crippen LogP contribution in [0.1, 0.15) is 122 Å². The van der Waals surface area contributed by atoms with Gasteiger partial charge in [-0.25, -0.2) is 9.78 Å². The summed E-state index contributed by atoms with van der Waals surface area (Å²) in [6.07, 6.45) is 18.3. The lowest BCUT2D eigenvalue weighted by atomic mass is 9.51. The van der Waals surface area contributed by atoms with Crippen LogP contribution in [0, 0.1) is 24.2 Å². The molecule has 0 N–H and O–H groups in total. The van der Waals surface area contributed by atoms with Crippen LogP contribution in [0.4, 0.5) is 10.6 Å². The second-order valence-electron chi connectivity index (χ2n) is 17.1. The molecule has 0 atom stereocenters. The Morgan fingerprint density at radius 2 is 1.60 bits per heavy atom. The van der Waals surface area contributed by atoms with Crippen molar-refractivity contribution in [2.75, 3.05) is 31.6 Å². The molecule has 0 spiro atoms. The Morgan fingerprint density at radius 3 is 2.21 bits per heavy atom. The number of fused-ring (bicyclic) bond motifs is 3. The Morgan fingerprint density at radius 1 is 0.925 bits per heavy atom. The van der Waals surface area contributed by atoms with E-state index in [1.54, 1.807) is 12.0 Å². The van der Waals surface area contributed by atoms with Crippen molar-refractivity contribution in [3.05, 3.63) is 60.0 Å². The van der Waals surface area contributed by atoms with E-state index in [9.17, 15) is 9.59 Å². The van der Waals surface area contributed by atoms with Crippen LogP contribution in [0.3, 0.4) is 0 Å². The molecule has 0 radical (unpaired) electrons. The standard InChI is InChI=1S/C44H61N5O4/c1-7-44(8-2,9-3)49-29-35(26-46-49)34-16-23-45-39(25-34)48(40(50)33-10-13-37(14-11-33)53-41(51)47-27-31(4)28-47)30-42-17-20-43(21-18-42,22-19-42)36-12-15-38(52-6)32(5)24-36/h12,15-16,23-26,29,31,33,37H,7-11,13-14,17-22,27-28,30H2,1-6H3/t33-,37-,42?,43?. The first-order chi connectivity index (χ1) is 25.5. The van der Waals surface area contributed by atoms with Crippen molar-refractivity contribution in [2.45, 2.75) is 135 Å². The fourth-order valence-electron chi connectivity index (χ4n) is 10.2. The first kappa shape index (κ1) is 37.4. The van der Waals surface area contributed by atoms with Crippen molar-refractivity contribution >= 4 is 17.8 Å². The van der Waals surface area contributed by atoms with Crippen LogP contribution in [0.25, 0.3) is 11.1 Å². The van der Waals surface area contributed by atoms with Gasteiger partial charge >= 0.3 is 6.09 Å². The summed E-state index contributed by atoms with van der Waals surface area (Å²) in [7, 11) is 1.74. The monoisotopic (exact) mass is 723 g/mol. The van der Waals surface area contributed by atoms with Crippen molar-refractivity contribution in [3.63, 3.8) is 0 Å². The minimum Gasteiger partial charge on any atom is -0.496 e. The molecule has 4 saturated carbocycles. The van der Waals surface area contributed by atoms with Crippen molar-refractivity contribution in [2.24, 2.45) is 17.3 Å². The van der Waals surface area contributed by atoms with E-state index < -0.39 is 0 Å². The molecule has 3 aromatic rings. The summed E-state index contributed by atoms with van der Waals surface area (Å²) in [4.78, 5) is 36.2. The van der Waals surface area contributed by atoms with E-state index in [0.717, 1.165) is 119 Å². The number of likely N-dealkylation sites (tertiary alicyclic amines) is 1. The number of aryl methyl sites for hydroxylation is 1. The summed E-state index contributed by atoms with van der Waals surface area (Å²) in [6, 6.07) is 10.9. The zero-order valence-electron chi connectivity index (χ0n) is 33.0. The van der Waals surface area contributed by atoms with Gasteiger partial charge in [0.2, 0.25) is 5.91 Å². The van der Waals surface area contributed by atoms with Gasteiger partial charge in [0.05, 0.1) is 18.8 Å². The number of amides is 2. The number of benzene rings is 1. The average molecular weight is 724 g/mol. The molecule has 0 unspecified atom stereocenters. The average Bonchev–Trinajstić information content (AvgIpc) is 3.68. The van der Waals surface area contributed by atoms with Crippen LogP contribution in [-0.4, -0.2) is 64.5 Å². The van der Waals surface area contributed by atoms with Crippen LogP contribution in [0.2, 0.25) is 0 Å². The highest BCUT2D eigenvalue weighted by Crippen LogP contribution is 2.58. The number of anilines is 1. The van der Waals surface area contributed by atoms with Crippen molar-refractivity contribution < 1.29 is 19.1 Å². The summed E-state index contributed by atoms with van der Waals surface area (Å²) < 4.78 is 13.6. The van der Waals surface area contributed by atoms with E-state index in [1.807, 2.05) is 18.5 Å². The Balaban J connectivity index is 1.12. The number of methoxy groups -OCH3 is 1. The van der Waals surface area contributed by atoms with Crippen LogP contribution in [0.15, 0.2) is 48.9 Å². The molecule has 5 aliphatic rings. The Labute approximate surface area is 316 Å². The molecule has 9 nitrogen and oxygen atoms in total. The van der Waals surface area contributed by atoms with Crippen LogP contribution in [-0.2, 0) is 20.5 Å². The molecule has 4 aliphatic carbocycles. The van der Waals surface area contributed by atoms with Gasteiger partial charge in [0.15, 0.2) is 0 Å². The maximum atomic E-state index is 14.8. The zero-order valence-corrected chi connectivity index (χ0v) is 33.0. The van der Waals surface area contributed by atoms with Crippen molar-refractivity contribution in [1.29, 1.82) is 0 Å². The lowest BCUT2D eigenvalue weighted by Crippen LogP contribution is -2.52. The number of ether oxygens (including phenoxy) is 2. The Hall–Kier alpha value is -3.88. The number of pyridine rings is 1. The Kier molecular flexibility index (Phi) is 10.7. The first-order valence-corrected chi connectivity index (χ1v) is 20.5. The smallest absolute Gasteiger partial charge is 0.410 e. The molecule has 2 aromatic heterocycles.